The summed E-state index contributed by atoms with van der Waals surface area (Å²) in [6.07, 6.45) is 8.61. The molecule has 2 atom stereocenters. The van der Waals surface area contributed by atoms with Gasteiger partial charge in [-0.1, -0.05) is 31.8 Å². The van der Waals surface area contributed by atoms with Gasteiger partial charge in [0.05, 0.1) is 0 Å². The fourth-order valence-corrected chi connectivity index (χ4v) is 3.20. The van der Waals surface area contributed by atoms with E-state index < -0.39 is 0 Å². The monoisotopic (exact) mass is 263 g/mol. The predicted molar refractivity (Wildman–Crippen MR) is 74.0 cm³/mol. The van der Waals surface area contributed by atoms with Crippen LogP contribution in [0.15, 0.2) is 4.52 Å². The van der Waals surface area contributed by atoms with Crippen LogP contribution in [0.4, 0.5) is 0 Å². The van der Waals surface area contributed by atoms with E-state index in [1.807, 2.05) is 0 Å². The molecule has 3 rings (SSSR count). The zero-order valence-electron chi connectivity index (χ0n) is 12.1. The van der Waals surface area contributed by atoms with Crippen LogP contribution in [0.5, 0.6) is 0 Å². The molecule has 2 aliphatic carbocycles. The van der Waals surface area contributed by atoms with E-state index in [-0.39, 0.29) is 5.41 Å². The SMILES string of the molecule is CCNC1CCCCC1Cc1nc(C2(C)CC2)no1. The Morgan fingerprint density at radius 1 is 1.32 bits per heavy atom. The lowest BCUT2D eigenvalue weighted by molar-refractivity contribution is 0.242. The van der Waals surface area contributed by atoms with Crippen LogP contribution in [0.25, 0.3) is 0 Å². The van der Waals surface area contributed by atoms with E-state index in [0.717, 1.165) is 24.7 Å². The smallest absolute Gasteiger partial charge is 0.226 e. The number of nitrogens with zero attached hydrogens (tertiary/aromatic N) is 2. The van der Waals surface area contributed by atoms with E-state index in [2.05, 4.69) is 29.3 Å². The molecule has 1 heterocycles. The normalized spacial score (nSPS) is 29.4. The molecule has 1 N–H and O–H groups in total. The Bertz CT molecular complexity index is 423. The molecule has 1 aromatic rings. The molecule has 2 aliphatic rings. The van der Waals surface area contributed by atoms with Crippen molar-refractivity contribution in [2.24, 2.45) is 5.92 Å². The quantitative estimate of drug-likeness (QED) is 0.887. The van der Waals surface area contributed by atoms with E-state index in [1.54, 1.807) is 0 Å². The first-order valence-corrected chi connectivity index (χ1v) is 7.78. The molecule has 1 aromatic heterocycles. The highest BCUT2D eigenvalue weighted by Gasteiger charge is 2.43. The molecule has 0 spiro atoms. The fraction of sp³-hybridized carbons (Fsp3) is 0.867. The minimum atomic E-state index is 0.218. The molecule has 0 amide bonds. The summed E-state index contributed by atoms with van der Waals surface area (Å²) < 4.78 is 5.47. The van der Waals surface area contributed by atoms with Crippen molar-refractivity contribution in [3.8, 4) is 0 Å². The molecule has 0 aliphatic heterocycles. The van der Waals surface area contributed by atoms with Gasteiger partial charge in [-0.3, -0.25) is 0 Å². The Morgan fingerprint density at radius 2 is 2.11 bits per heavy atom. The topological polar surface area (TPSA) is 51.0 Å². The first-order valence-electron chi connectivity index (χ1n) is 7.78. The molecule has 0 radical (unpaired) electrons. The molecule has 2 fully saturated rings. The average molecular weight is 263 g/mol. The van der Waals surface area contributed by atoms with Crippen molar-refractivity contribution in [1.29, 1.82) is 0 Å². The Hall–Kier alpha value is -0.900. The Balaban J connectivity index is 1.64. The minimum absolute atomic E-state index is 0.218. The van der Waals surface area contributed by atoms with Gasteiger partial charge in [0.25, 0.3) is 0 Å². The fourth-order valence-electron chi connectivity index (χ4n) is 3.20. The van der Waals surface area contributed by atoms with Crippen molar-refractivity contribution in [3.63, 3.8) is 0 Å². The van der Waals surface area contributed by atoms with Crippen molar-refractivity contribution < 1.29 is 4.52 Å². The maximum Gasteiger partial charge on any atom is 0.226 e. The maximum atomic E-state index is 5.47. The molecule has 2 unspecified atom stereocenters. The van der Waals surface area contributed by atoms with Crippen molar-refractivity contribution in [2.45, 2.75) is 70.3 Å². The Morgan fingerprint density at radius 3 is 2.84 bits per heavy atom. The van der Waals surface area contributed by atoms with Gasteiger partial charge in [-0.25, -0.2) is 0 Å². The molecule has 106 valence electrons. The highest BCUT2D eigenvalue weighted by Crippen LogP contribution is 2.46. The summed E-state index contributed by atoms with van der Waals surface area (Å²) in [5, 5.41) is 7.79. The van der Waals surface area contributed by atoms with Crippen molar-refractivity contribution in [2.75, 3.05) is 6.54 Å². The van der Waals surface area contributed by atoms with Crippen molar-refractivity contribution in [3.05, 3.63) is 11.7 Å². The predicted octanol–water partition coefficient (Wildman–Crippen LogP) is 2.83. The van der Waals surface area contributed by atoms with Gasteiger partial charge in [0.1, 0.15) is 0 Å². The lowest BCUT2D eigenvalue weighted by Crippen LogP contribution is -2.39. The molecule has 4 nitrogen and oxygen atoms in total. The summed E-state index contributed by atoms with van der Waals surface area (Å²) in [5.41, 5.74) is 0.218. The highest BCUT2D eigenvalue weighted by atomic mass is 16.5. The highest BCUT2D eigenvalue weighted by molar-refractivity contribution is 5.14. The number of hydrogen-bond donors (Lipinski definition) is 1. The standard InChI is InChI=1S/C15H25N3O/c1-3-16-12-7-5-4-6-11(12)10-13-17-14(18-19-13)15(2)8-9-15/h11-12,16H,3-10H2,1-2H3. The van der Waals surface area contributed by atoms with Gasteiger partial charge in [-0.2, -0.15) is 4.98 Å². The molecular weight excluding hydrogens is 238 g/mol. The van der Waals surface area contributed by atoms with E-state index in [1.165, 1.54) is 38.5 Å². The first-order chi connectivity index (χ1) is 9.21. The Labute approximate surface area is 115 Å². The third kappa shape index (κ3) is 2.83. The van der Waals surface area contributed by atoms with Gasteiger partial charge in [0, 0.05) is 17.9 Å². The van der Waals surface area contributed by atoms with Gasteiger partial charge in [-0.05, 0) is 38.1 Å². The minimum Gasteiger partial charge on any atom is -0.339 e. The van der Waals surface area contributed by atoms with Crippen LogP contribution < -0.4 is 5.32 Å². The van der Waals surface area contributed by atoms with Gasteiger partial charge in [0.2, 0.25) is 5.89 Å². The van der Waals surface area contributed by atoms with Crippen LogP contribution in [0, 0.1) is 5.92 Å². The van der Waals surface area contributed by atoms with Gasteiger partial charge >= 0.3 is 0 Å². The third-order valence-corrected chi connectivity index (χ3v) is 4.82. The van der Waals surface area contributed by atoms with E-state index in [9.17, 15) is 0 Å². The number of nitrogens with one attached hydrogen (secondary N) is 1. The van der Waals surface area contributed by atoms with Gasteiger partial charge in [0.15, 0.2) is 5.82 Å². The second kappa shape index (κ2) is 5.23. The van der Waals surface area contributed by atoms with Crippen LogP contribution >= 0.6 is 0 Å². The van der Waals surface area contributed by atoms with Crippen LogP contribution in [0.3, 0.4) is 0 Å². The second-order valence-corrected chi connectivity index (χ2v) is 6.49. The molecule has 19 heavy (non-hydrogen) atoms. The summed E-state index contributed by atoms with van der Waals surface area (Å²) in [5.74, 6) is 2.44. The van der Waals surface area contributed by atoms with Gasteiger partial charge < -0.3 is 9.84 Å². The molecule has 0 bridgehead atoms. The van der Waals surface area contributed by atoms with Crippen LogP contribution in [0.2, 0.25) is 0 Å². The number of hydrogen-bond acceptors (Lipinski definition) is 4. The molecule has 2 saturated carbocycles. The summed E-state index contributed by atoms with van der Waals surface area (Å²) in [7, 11) is 0. The Kier molecular flexibility index (Phi) is 3.61. The second-order valence-electron chi connectivity index (χ2n) is 6.49. The zero-order valence-corrected chi connectivity index (χ0v) is 12.1. The lowest BCUT2D eigenvalue weighted by atomic mass is 9.82. The van der Waals surface area contributed by atoms with Crippen LogP contribution in [0.1, 0.15) is 64.1 Å². The number of rotatable bonds is 5. The van der Waals surface area contributed by atoms with Crippen LogP contribution in [-0.2, 0) is 11.8 Å². The summed E-state index contributed by atoms with van der Waals surface area (Å²) in [6, 6.07) is 0.630. The average Bonchev–Trinajstić information content (AvgIpc) is 2.99. The molecule has 0 aromatic carbocycles. The molecular formula is C15H25N3O. The van der Waals surface area contributed by atoms with Crippen LogP contribution in [-0.4, -0.2) is 22.7 Å². The first kappa shape index (κ1) is 13.1. The summed E-state index contributed by atoms with van der Waals surface area (Å²) >= 11 is 0. The summed E-state index contributed by atoms with van der Waals surface area (Å²) in [6.45, 7) is 5.46. The number of aromatic nitrogens is 2. The maximum absolute atomic E-state index is 5.47. The third-order valence-electron chi connectivity index (χ3n) is 4.82. The van der Waals surface area contributed by atoms with Crippen molar-refractivity contribution in [1.82, 2.24) is 15.5 Å². The van der Waals surface area contributed by atoms with Gasteiger partial charge in [-0.15, -0.1) is 0 Å². The van der Waals surface area contributed by atoms with Crippen molar-refractivity contribution >= 4 is 0 Å². The summed E-state index contributed by atoms with van der Waals surface area (Å²) in [4.78, 5) is 4.63. The van der Waals surface area contributed by atoms with E-state index in [4.69, 9.17) is 4.52 Å². The molecule has 0 saturated heterocycles. The lowest BCUT2D eigenvalue weighted by Gasteiger charge is -2.31. The van der Waals surface area contributed by atoms with E-state index >= 15 is 0 Å². The largest absolute Gasteiger partial charge is 0.339 e. The molecule has 4 heteroatoms. The van der Waals surface area contributed by atoms with E-state index in [0.29, 0.717) is 12.0 Å². The zero-order chi connectivity index (χ0) is 13.3.